The van der Waals surface area contributed by atoms with Crippen molar-refractivity contribution in [1.82, 2.24) is 9.78 Å². The molecule has 5 heteroatoms. The first kappa shape index (κ1) is 14.1. The van der Waals surface area contributed by atoms with Gasteiger partial charge in [0.05, 0.1) is 24.1 Å². The highest BCUT2D eigenvalue weighted by Gasteiger charge is 2.15. The zero-order valence-corrected chi connectivity index (χ0v) is 12.2. The van der Waals surface area contributed by atoms with Crippen molar-refractivity contribution in [3.63, 3.8) is 0 Å². The largest absolute Gasteiger partial charge is 0.465 e. The molecule has 2 rings (SSSR count). The smallest absolute Gasteiger partial charge is 0.340 e. The number of aromatic nitrogens is 2. The highest BCUT2D eigenvalue weighted by Crippen LogP contribution is 2.22. The van der Waals surface area contributed by atoms with Crippen molar-refractivity contribution in [2.24, 2.45) is 0 Å². The SMILES string of the molecule is CCc1c(C)nn(-c2ccc(N)c(C(=O)OC)c2)c1C. The van der Waals surface area contributed by atoms with Crippen LogP contribution in [0.4, 0.5) is 5.69 Å². The molecule has 1 heterocycles. The van der Waals surface area contributed by atoms with Crippen molar-refractivity contribution >= 4 is 11.7 Å². The maximum Gasteiger partial charge on any atom is 0.340 e. The molecule has 0 bridgehead atoms. The molecular weight excluding hydrogens is 254 g/mol. The van der Waals surface area contributed by atoms with E-state index in [2.05, 4.69) is 12.0 Å². The Morgan fingerprint density at radius 3 is 2.65 bits per heavy atom. The summed E-state index contributed by atoms with van der Waals surface area (Å²) in [4.78, 5) is 11.7. The predicted molar refractivity (Wildman–Crippen MR) is 78.2 cm³/mol. The number of hydrogen-bond acceptors (Lipinski definition) is 4. The van der Waals surface area contributed by atoms with Crippen LogP contribution in [-0.4, -0.2) is 22.9 Å². The molecule has 0 unspecified atom stereocenters. The number of carbonyl (C=O) groups excluding carboxylic acids is 1. The first-order valence-electron chi connectivity index (χ1n) is 6.52. The van der Waals surface area contributed by atoms with Crippen molar-refractivity contribution in [3.8, 4) is 5.69 Å². The summed E-state index contributed by atoms with van der Waals surface area (Å²) in [5, 5.41) is 4.53. The number of nitrogens with zero attached hydrogens (tertiary/aromatic N) is 2. The van der Waals surface area contributed by atoms with Gasteiger partial charge in [0.2, 0.25) is 0 Å². The number of esters is 1. The third-order valence-electron chi connectivity index (χ3n) is 3.48. The van der Waals surface area contributed by atoms with Gasteiger partial charge in [0.1, 0.15) is 0 Å². The molecule has 0 fully saturated rings. The fourth-order valence-corrected chi connectivity index (χ4v) is 2.40. The Kier molecular flexibility index (Phi) is 3.79. The first-order valence-corrected chi connectivity index (χ1v) is 6.52. The Labute approximate surface area is 118 Å². The van der Waals surface area contributed by atoms with Gasteiger partial charge in [0, 0.05) is 11.4 Å². The number of carbonyl (C=O) groups is 1. The summed E-state index contributed by atoms with van der Waals surface area (Å²) in [6.07, 6.45) is 0.927. The van der Waals surface area contributed by atoms with Crippen molar-refractivity contribution in [2.75, 3.05) is 12.8 Å². The van der Waals surface area contributed by atoms with Gasteiger partial charge in [-0.25, -0.2) is 9.48 Å². The third-order valence-corrected chi connectivity index (χ3v) is 3.48. The van der Waals surface area contributed by atoms with E-state index in [4.69, 9.17) is 10.5 Å². The molecular formula is C15H19N3O2. The van der Waals surface area contributed by atoms with Crippen molar-refractivity contribution in [2.45, 2.75) is 27.2 Å². The van der Waals surface area contributed by atoms with Crippen LogP contribution in [0.5, 0.6) is 0 Å². The summed E-state index contributed by atoms with van der Waals surface area (Å²) >= 11 is 0. The molecule has 0 spiro atoms. The normalized spacial score (nSPS) is 10.6. The lowest BCUT2D eigenvalue weighted by atomic mass is 10.1. The van der Waals surface area contributed by atoms with Gasteiger partial charge in [-0.3, -0.25) is 0 Å². The number of benzene rings is 1. The van der Waals surface area contributed by atoms with Crippen molar-refractivity contribution in [3.05, 3.63) is 40.7 Å². The average Bonchev–Trinajstić information content (AvgIpc) is 2.73. The van der Waals surface area contributed by atoms with Crippen molar-refractivity contribution in [1.29, 1.82) is 0 Å². The van der Waals surface area contributed by atoms with Gasteiger partial charge in [0.15, 0.2) is 0 Å². The number of methoxy groups -OCH3 is 1. The minimum atomic E-state index is -0.443. The quantitative estimate of drug-likeness (QED) is 0.688. The zero-order chi connectivity index (χ0) is 14.9. The van der Waals surface area contributed by atoms with Crippen LogP contribution in [0.1, 0.15) is 34.2 Å². The number of nitrogen functional groups attached to an aromatic ring is 1. The minimum Gasteiger partial charge on any atom is -0.465 e. The molecule has 0 saturated heterocycles. The van der Waals surface area contributed by atoms with Crippen molar-refractivity contribution < 1.29 is 9.53 Å². The van der Waals surface area contributed by atoms with Gasteiger partial charge in [-0.15, -0.1) is 0 Å². The Balaban J connectivity index is 2.57. The summed E-state index contributed by atoms with van der Waals surface area (Å²) in [7, 11) is 1.34. The fraction of sp³-hybridized carbons (Fsp3) is 0.333. The van der Waals surface area contributed by atoms with Crippen LogP contribution in [0.2, 0.25) is 0 Å². The molecule has 20 heavy (non-hydrogen) atoms. The van der Waals surface area contributed by atoms with E-state index in [0.29, 0.717) is 11.3 Å². The lowest BCUT2D eigenvalue weighted by Gasteiger charge is -2.09. The fourth-order valence-electron chi connectivity index (χ4n) is 2.40. The van der Waals surface area contributed by atoms with Gasteiger partial charge in [-0.2, -0.15) is 5.10 Å². The molecule has 2 N–H and O–H groups in total. The second kappa shape index (κ2) is 5.36. The Morgan fingerprint density at radius 2 is 2.10 bits per heavy atom. The van der Waals surface area contributed by atoms with E-state index >= 15 is 0 Å². The van der Waals surface area contributed by atoms with Crippen LogP contribution in [0.15, 0.2) is 18.2 Å². The van der Waals surface area contributed by atoms with Crippen LogP contribution in [0.25, 0.3) is 5.69 Å². The summed E-state index contributed by atoms with van der Waals surface area (Å²) in [6, 6.07) is 5.25. The average molecular weight is 273 g/mol. The number of hydrogen-bond donors (Lipinski definition) is 1. The lowest BCUT2D eigenvalue weighted by molar-refractivity contribution is 0.0602. The maximum atomic E-state index is 11.7. The Hall–Kier alpha value is -2.30. The number of nitrogens with two attached hydrogens (primary N) is 1. The molecule has 0 aliphatic rings. The van der Waals surface area contributed by atoms with Crippen LogP contribution in [0.3, 0.4) is 0 Å². The van der Waals surface area contributed by atoms with Crippen LogP contribution < -0.4 is 5.73 Å². The summed E-state index contributed by atoms with van der Waals surface area (Å²) in [6.45, 7) is 6.11. The number of aryl methyl sites for hydroxylation is 1. The second-order valence-corrected chi connectivity index (χ2v) is 4.68. The molecule has 0 amide bonds. The van der Waals surface area contributed by atoms with E-state index in [0.717, 1.165) is 23.5 Å². The van der Waals surface area contributed by atoms with E-state index in [1.165, 1.54) is 12.7 Å². The van der Waals surface area contributed by atoms with E-state index in [9.17, 15) is 4.79 Å². The van der Waals surface area contributed by atoms with Crippen LogP contribution in [0, 0.1) is 13.8 Å². The van der Waals surface area contributed by atoms with E-state index in [1.54, 1.807) is 12.1 Å². The van der Waals surface area contributed by atoms with Crippen LogP contribution in [-0.2, 0) is 11.2 Å². The Morgan fingerprint density at radius 1 is 1.40 bits per heavy atom. The van der Waals surface area contributed by atoms with Gasteiger partial charge in [-0.1, -0.05) is 6.92 Å². The summed E-state index contributed by atoms with van der Waals surface area (Å²) in [5.74, 6) is -0.443. The minimum absolute atomic E-state index is 0.357. The van der Waals surface area contributed by atoms with E-state index < -0.39 is 5.97 Å². The molecule has 5 nitrogen and oxygen atoms in total. The predicted octanol–water partition coefficient (Wildman–Crippen LogP) is 2.42. The standard InChI is InChI=1S/C15H19N3O2/c1-5-12-9(2)17-18(10(12)3)11-6-7-14(16)13(8-11)15(19)20-4/h6-8H,5,16H2,1-4H3. The van der Waals surface area contributed by atoms with Gasteiger partial charge in [-0.05, 0) is 44.0 Å². The molecule has 0 aliphatic carbocycles. The van der Waals surface area contributed by atoms with Gasteiger partial charge < -0.3 is 10.5 Å². The molecule has 0 saturated carbocycles. The molecule has 0 atom stereocenters. The topological polar surface area (TPSA) is 70.1 Å². The first-order chi connectivity index (χ1) is 9.49. The Bertz CT molecular complexity index is 659. The maximum absolute atomic E-state index is 11.7. The lowest BCUT2D eigenvalue weighted by Crippen LogP contribution is -2.08. The zero-order valence-electron chi connectivity index (χ0n) is 12.2. The number of rotatable bonds is 3. The third kappa shape index (κ3) is 2.27. The van der Waals surface area contributed by atoms with E-state index in [-0.39, 0.29) is 0 Å². The molecule has 1 aromatic carbocycles. The highest BCUT2D eigenvalue weighted by molar-refractivity contribution is 5.95. The molecule has 1 aromatic heterocycles. The summed E-state index contributed by atoms with van der Waals surface area (Å²) < 4.78 is 6.57. The molecule has 0 aliphatic heterocycles. The van der Waals surface area contributed by atoms with E-state index in [1.807, 2.05) is 24.6 Å². The van der Waals surface area contributed by atoms with Gasteiger partial charge >= 0.3 is 5.97 Å². The monoisotopic (exact) mass is 273 g/mol. The number of anilines is 1. The number of ether oxygens (including phenoxy) is 1. The molecule has 2 aromatic rings. The van der Waals surface area contributed by atoms with Gasteiger partial charge in [0.25, 0.3) is 0 Å². The summed E-state index contributed by atoms with van der Waals surface area (Å²) in [5.41, 5.74) is 10.7. The second-order valence-electron chi connectivity index (χ2n) is 4.68. The molecule has 0 radical (unpaired) electrons. The molecule has 106 valence electrons. The highest BCUT2D eigenvalue weighted by atomic mass is 16.5. The van der Waals surface area contributed by atoms with Crippen LogP contribution >= 0.6 is 0 Å².